The first kappa shape index (κ1) is 19.5. The molecule has 9 heteroatoms. The van der Waals surface area contributed by atoms with Gasteiger partial charge in [-0.15, -0.1) is 0 Å². The molecule has 0 aliphatic rings. The predicted molar refractivity (Wildman–Crippen MR) is 102 cm³/mol. The van der Waals surface area contributed by atoms with E-state index in [1.165, 1.54) is 6.33 Å². The molecule has 0 unspecified atom stereocenters. The third-order valence-corrected chi connectivity index (χ3v) is 4.17. The highest BCUT2D eigenvalue weighted by atomic mass is 16.5. The van der Waals surface area contributed by atoms with E-state index in [9.17, 15) is 4.79 Å². The summed E-state index contributed by atoms with van der Waals surface area (Å²) < 4.78 is 11.0. The predicted octanol–water partition coefficient (Wildman–Crippen LogP) is 3.16. The molecule has 1 atom stereocenters. The smallest absolute Gasteiger partial charge is 0.251 e. The van der Waals surface area contributed by atoms with Gasteiger partial charge in [0.25, 0.3) is 5.91 Å². The van der Waals surface area contributed by atoms with Crippen molar-refractivity contribution in [1.29, 1.82) is 0 Å². The number of nitrogens with one attached hydrogen (secondary N) is 2. The van der Waals surface area contributed by atoms with Crippen LogP contribution in [0.3, 0.4) is 0 Å². The summed E-state index contributed by atoms with van der Waals surface area (Å²) >= 11 is 0. The van der Waals surface area contributed by atoms with Crippen LogP contribution in [0.15, 0.2) is 35.1 Å². The fourth-order valence-corrected chi connectivity index (χ4v) is 2.55. The molecule has 0 aliphatic carbocycles. The van der Waals surface area contributed by atoms with Crippen LogP contribution < -0.4 is 10.1 Å². The normalized spacial score (nSPS) is 12.1. The largest absolute Gasteiger partial charge is 0.494 e. The Balaban J connectivity index is 1.68. The lowest BCUT2D eigenvalue weighted by atomic mass is 10.0. The van der Waals surface area contributed by atoms with Gasteiger partial charge in [-0.25, -0.2) is 4.98 Å². The number of benzene rings is 1. The van der Waals surface area contributed by atoms with Crippen LogP contribution in [0.25, 0.3) is 11.6 Å². The number of unbranched alkanes of at least 4 members (excludes halogenated alkanes) is 1. The van der Waals surface area contributed by atoms with Crippen molar-refractivity contribution in [3.8, 4) is 17.4 Å². The molecule has 3 rings (SSSR count). The van der Waals surface area contributed by atoms with Crippen LogP contribution in [0.1, 0.15) is 55.9 Å². The molecule has 2 heterocycles. The van der Waals surface area contributed by atoms with E-state index < -0.39 is 6.04 Å². The van der Waals surface area contributed by atoms with Gasteiger partial charge in [-0.05, 0) is 36.6 Å². The molecule has 0 fully saturated rings. The highest BCUT2D eigenvalue weighted by Crippen LogP contribution is 2.23. The number of amides is 1. The van der Waals surface area contributed by atoms with Crippen molar-refractivity contribution in [1.82, 2.24) is 30.6 Å². The highest BCUT2D eigenvalue weighted by Gasteiger charge is 2.26. The van der Waals surface area contributed by atoms with Gasteiger partial charge in [-0.1, -0.05) is 32.3 Å². The molecular formula is C19H24N6O3. The maximum atomic E-state index is 12.7. The summed E-state index contributed by atoms with van der Waals surface area (Å²) in [6, 6.07) is 6.63. The topological polar surface area (TPSA) is 119 Å². The molecule has 0 spiro atoms. The van der Waals surface area contributed by atoms with Crippen molar-refractivity contribution < 1.29 is 14.1 Å². The van der Waals surface area contributed by atoms with Gasteiger partial charge in [0.05, 0.1) is 6.61 Å². The Kier molecular flexibility index (Phi) is 6.36. The zero-order valence-corrected chi connectivity index (χ0v) is 16.2. The van der Waals surface area contributed by atoms with Crippen LogP contribution in [-0.2, 0) is 0 Å². The molecule has 0 bridgehead atoms. The lowest BCUT2D eigenvalue weighted by Crippen LogP contribution is -2.32. The van der Waals surface area contributed by atoms with Gasteiger partial charge in [0.15, 0.2) is 5.82 Å². The molecule has 1 amide bonds. The highest BCUT2D eigenvalue weighted by molar-refractivity contribution is 5.94. The van der Waals surface area contributed by atoms with Gasteiger partial charge in [0, 0.05) is 5.56 Å². The van der Waals surface area contributed by atoms with E-state index in [2.05, 4.69) is 37.6 Å². The lowest BCUT2D eigenvalue weighted by Gasteiger charge is -2.18. The minimum absolute atomic E-state index is 0.0450. The maximum absolute atomic E-state index is 12.7. The molecular weight excluding hydrogens is 360 g/mol. The van der Waals surface area contributed by atoms with Gasteiger partial charge in [0.1, 0.15) is 18.1 Å². The second-order valence-electron chi connectivity index (χ2n) is 6.71. The van der Waals surface area contributed by atoms with Gasteiger partial charge >= 0.3 is 0 Å². The molecule has 1 aromatic carbocycles. The summed E-state index contributed by atoms with van der Waals surface area (Å²) in [4.78, 5) is 21.0. The summed E-state index contributed by atoms with van der Waals surface area (Å²) in [7, 11) is 0. The Morgan fingerprint density at radius 2 is 2.07 bits per heavy atom. The van der Waals surface area contributed by atoms with Crippen LogP contribution in [0.4, 0.5) is 0 Å². The van der Waals surface area contributed by atoms with Gasteiger partial charge in [-0.3, -0.25) is 9.89 Å². The SMILES string of the molecule is CCCCOc1ccc(C(=O)N[C@H](c2nc(-c3ncn[nH]3)no2)C(C)C)cc1. The molecule has 28 heavy (non-hydrogen) atoms. The second kappa shape index (κ2) is 9.12. The van der Waals surface area contributed by atoms with Crippen LogP contribution in [0.2, 0.25) is 0 Å². The standard InChI is InChI=1S/C19H24N6O3/c1-4-5-10-27-14-8-6-13(7-9-14)18(26)22-15(12(2)3)19-23-17(25-28-19)16-20-11-21-24-16/h6-9,11-12,15H,4-5,10H2,1-3H3,(H,22,26)(H,20,21,24)/t15-/m0/s1. The number of hydrogen-bond acceptors (Lipinski definition) is 7. The average Bonchev–Trinajstić information content (AvgIpc) is 3.38. The molecule has 0 aliphatic heterocycles. The van der Waals surface area contributed by atoms with Gasteiger partial charge < -0.3 is 14.6 Å². The van der Waals surface area contributed by atoms with E-state index in [1.807, 2.05) is 13.8 Å². The monoisotopic (exact) mass is 384 g/mol. The molecule has 0 radical (unpaired) electrons. The van der Waals surface area contributed by atoms with Crippen LogP contribution >= 0.6 is 0 Å². The van der Waals surface area contributed by atoms with Crippen LogP contribution in [0.5, 0.6) is 5.75 Å². The number of nitrogens with zero attached hydrogens (tertiary/aromatic N) is 4. The minimum Gasteiger partial charge on any atom is -0.494 e. The van der Waals surface area contributed by atoms with E-state index in [4.69, 9.17) is 9.26 Å². The van der Waals surface area contributed by atoms with Gasteiger partial charge in [-0.2, -0.15) is 10.1 Å². The minimum atomic E-state index is -0.433. The fourth-order valence-electron chi connectivity index (χ4n) is 2.55. The lowest BCUT2D eigenvalue weighted by molar-refractivity contribution is 0.0914. The van der Waals surface area contributed by atoms with E-state index in [0.29, 0.717) is 29.7 Å². The molecule has 9 nitrogen and oxygen atoms in total. The maximum Gasteiger partial charge on any atom is 0.251 e. The van der Waals surface area contributed by atoms with Crippen molar-refractivity contribution in [2.45, 2.75) is 39.7 Å². The van der Waals surface area contributed by atoms with Crippen molar-refractivity contribution in [3.05, 3.63) is 42.0 Å². The first-order valence-corrected chi connectivity index (χ1v) is 9.31. The molecule has 2 aromatic heterocycles. The molecule has 148 valence electrons. The van der Waals surface area contributed by atoms with E-state index in [-0.39, 0.29) is 11.8 Å². The van der Waals surface area contributed by atoms with Crippen molar-refractivity contribution in [2.75, 3.05) is 6.61 Å². The van der Waals surface area contributed by atoms with Crippen molar-refractivity contribution in [3.63, 3.8) is 0 Å². The number of aromatic nitrogens is 5. The molecule has 0 saturated heterocycles. The molecule has 2 N–H and O–H groups in total. The number of aromatic amines is 1. The Hall–Kier alpha value is -3.23. The van der Waals surface area contributed by atoms with Crippen LogP contribution in [-0.4, -0.2) is 37.8 Å². The summed E-state index contributed by atoms with van der Waals surface area (Å²) in [5.74, 6) is 1.58. The average molecular weight is 384 g/mol. The first-order valence-electron chi connectivity index (χ1n) is 9.31. The summed E-state index contributed by atoms with van der Waals surface area (Å²) in [6.45, 7) is 6.71. The molecule has 0 saturated carbocycles. The Morgan fingerprint density at radius 3 is 2.71 bits per heavy atom. The van der Waals surface area contributed by atoms with Crippen molar-refractivity contribution >= 4 is 5.91 Å². The van der Waals surface area contributed by atoms with Gasteiger partial charge in [0.2, 0.25) is 11.7 Å². The number of H-pyrrole nitrogens is 1. The number of ether oxygens (including phenoxy) is 1. The number of hydrogen-bond donors (Lipinski definition) is 2. The Labute approximate surface area is 162 Å². The van der Waals surface area contributed by atoms with E-state index >= 15 is 0 Å². The summed E-state index contributed by atoms with van der Waals surface area (Å²) in [6.07, 6.45) is 3.44. The second-order valence-corrected chi connectivity index (χ2v) is 6.71. The third-order valence-electron chi connectivity index (χ3n) is 4.17. The van der Waals surface area contributed by atoms with Crippen LogP contribution in [0, 0.1) is 5.92 Å². The number of rotatable bonds is 9. The number of carbonyl (C=O) groups is 1. The Bertz CT molecular complexity index is 873. The number of carbonyl (C=O) groups excluding carboxylic acids is 1. The third kappa shape index (κ3) is 4.73. The summed E-state index contributed by atoms with van der Waals surface area (Å²) in [5, 5.41) is 13.3. The Morgan fingerprint density at radius 1 is 1.29 bits per heavy atom. The summed E-state index contributed by atoms with van der Waals surface area (Å²) in [5.41, 5.74) is 0.531. The first-order chi connectivity index (χ1) is 13.6. The molecule has 3 aromatic rings. The van der Waals surface area contributed by atoms with E-state index in [1.54, 1.807) is 24.3 Å². The fraction of sp³-hybridized carbons (Fsp3) is 0.421. The quantitative estimate of drug-likeness (QED) is 0.544. The van der Waals surface area contributed by atoms with E-state index in [0.717, 1.165) is 18.6 Å². The zero-order valence-electron chi connectivity index (χ0n) is 16.2. The van der Waals surface area contributed by atoms with Crippen molar-refractivity contribution in [2.24, 2.45) is 5.92 Å². The zero-order chi connectivity index (χ0) is 19.9.